The van der Waals surface area contributed by atoms with Crippen LogP contribution in [0.4, 0.5) is 0 Å². The van der Waals surface area contributed by atoms with Gasteiger partial charge in [0.25, 0.3) is 0 Å². The van der Waals surface area contributed by atoms with Gasteiger partial charge in [0.05, 0.1) is 32.7 Å². The number of amides is 1. The maximum Gasteiger partial charge on any atom is 0.227 e. The van der Waals surface area contributed by atoms with E-state index in [9.17, 15) is 4.79 Å². The fraction of sp³-hybridized carbons (Fsp3) is 0.682. The molecule has 1 aromatic rings. The molecule has 1 aliphatic carbocycles. The van der Waals surface area contributed by atoms with Gasteiger partial charge in [-0.05, 0) is 42.9 Å². The van der Waals surface area contributed by atoms with Crippen LogP contribution in [-0.2, 0) is 20.7 Å². The molecule has 5 heteroatoms. The molecule has 2 heterocycles. The first-order valence-electron chi connectivity index (χ1n) is 10.3. The van der Waals surface area contributed by atoms with Crippen LogP contribution in [0.15, 0.2) is 24.3 Å². The lowest BCUT2D eigenvalue weighted by molar-refractivity contribution is -0.202. The SMILES string of the molecule is COc1ccc(CC(=O)N2CC3(C[C@@H](OCC4CCCC4)CCO3)C2)cc1. The number of nitrogens with zero attached hydrogens (tertiary/aromatic N) is 1. The third-order valence-electron chi connectivity index (χ3n) is 6.32. The Kier molecular flexibility index (Phi) is 5.69. The van der Waals surface area contributed by atoms with Gasteiger partial charge < -0.3 is 19.1 Å². The number of likely N-dealkylation sites (tertiary alicyclic amines) is 1. The molecule has 0 N–H and O–H groups in total. The molecule has 4 rings (SSSR count). The Bertz CT molecular complexity index is 632. The second kappa shape index (κ2) is 8.19. The van der Waals surface area contributed by atoms with Crippen molar-refractivity contribution >= 4 is 5.91 Å². The predicted molar refractivity (Wildman–Crippen MR) is 103 cm³/mol. The van der Waals surface area contributed by atoms with Crippen molar-refractivity contribution in [1.29, 1.82) is 0 Å². The topological polar surface area (TPSA) is 48.0 Å². The number of rotatable bonds is 6. The van der Waals surface area contributed by atoms with E-state index >= 15 is 0 Å². The molecule has 0 bridgehead atoms. The molecule has 1 amide bonds. The number of hydrogen-bond donors (Lipinski definition) is 0. The largest absolute Gasteiger partial charge is 0.497 e. The van der Waals surface area contributed by atoms with Crippen LogP contribution in [0.25, 0.3) is 0 Å². The first kappa shape index (κ1) is 18.8. The highest BCUT2D eigenvalue weighted by Crippen LogP contribution is 2.36. The van der Waals surface area contributed by atoms with Gasteiger partial charge in [0.15, 0.2) is 0 Å². The van der Waals surface area contributed by atoms with E-state index in [1.807, 2.05) is 29.2 Å². The van der Waals surface area contributed by atoms with Crippen molar-refractivity contribution in [3.63, 3.8) is 0 Å². The van der Waals surface area contributed by atoms with E-state index in [1.165, 1.54) is 25.7 Å². The summed E-state index contributed by atoms with van der Waals surface area (Å²) in [6, 6.07) is 7.71. The third kappa shape index (κ3) is 4.46. The van der Waals surface area contributed by atoms with Gasteiger partial charge in [-0.25, -0.2) is 0 Å². The number of ether oxygens (including phenoxy) is 3. The second-order valence-electron chi connectivity index (χ2n) is 8.40. The fourth-order valence-electron chi connectivity index (χ4n) is 4.65. The Hall–Kier alpha value is -1.59. The van der Waals surface area contributed by atoms with E-state index in [1.54, 1.807) is 7.11 Å². The Morgan fingerprint density at radius 1 is 1.19 bits per heavy atom. The average molecular weight is 373 g/mol. The summed E-state index contributed by atoms with van der Waals surface area (Å²) in [4.78, 5) is 14.5. The molecule has 2 saturated heterocycles. The van der Waals surface area contributed by atoms with E-state index < -0.39 is 0 Å². The summed E-state index contributed by atoms with van der Waals surface area (Å²) in [5.74, 6) is 1.74. The van der Waals surface area contributed by atoms with E-state index in [0.29, 0.717) is 19.5 Å². The van der Waals surface area contributed by atoms with Gasteiger partial charge in [0.2, 0.25) is 5.91 Å². The summed E-state index contributed by atoms with van der Waals surface area (Å²) in [6.07, 6.45) is 7.98. The summed E-state index contributed by atoms with van der Waals surface area (Å²) >= 11 is 0. The molecule has 1 atom stereocenters. The van der Waals surface area contributed by atoms with E-state index in [4.69, 9.17) is 14.2 Å². The minimum atomic E-state index is -0.172. The van der Waals surface area contributed by atoms with Crippen LogP contribution in [0.1, 0.15) is 44.1 Å². The summed E-state index contributed by atoms with van der Waals surface area (Å²) in [5, 5.41) is 0. The fourth-order valence-corrected chi connectivity index (χ4v) is 4.65. The monoisotopic (exact) mass is 373 g/mol. The molecule has 3 fully saturated rings. The zero-order valence-electron chi connectivity index (χ0n) is 16.3. The maximum atomic E-state index is 12.6. The lowest BCUT2D eigenvalue weighted by Crippen LogP contribution is -2.67. The molecule has 1 spiro atoms. The van der Waals surface area contributed by atoms with Gasteiger partial charge in [-0.1, -0.05) is 25.0 Å². The molecular weight excluding hydrogens is 342 g/mol. The molecule has 0 radical (unpaired) electrons. The van der Waals surface area contributed by atoms with Gasteiger partial charge >= 0.3 is 0 Å². The van der Waals surface area contributed by atoms with Crippen LogP contribution in [0.3, 0.4) is 0 Å². The van der Waals surface area contributed by atoms with E-state index in [0.717, 1.165) is 43.3 Å². The number of methoxy groups -OCH3 is 1. The smallest absolute Gasteiger partial charge is 0.227 e. The van der Waals surface area contributed by atoms with Crippen LogP contribution < -0.4 is 4.74 Å². The molecule has 1 saturated carbocycles. The standard InChI is InChI=1S/C22H31NO4/c1-25-19-8-6-17(7-9-19)12-21(24)23-15-22(16-23)13-20(10-11-27-22)26-14-18-4-2-3-5-18/h6-9,18,20H,2-5,10-16H2,1H3/t20-/m0/s1. The van der Waals surface area contributed by atoms with Crippen molar-refractivity contribution in [3.05, 3.63) is 29.8 Å². The summed E-state index contributed by atoms with van der Waals surface area (Å²) in [5.41, 5.74) is 0.845. The van der Waals surface area contributed by atoms with Crippen LogP contribution in [0, 0.1) is 5.92 Å². The zero-order chi connectivity index (χ0) is 18.7. The van der Waals surface area contributed by atoms with Crippen LogP contribution in [0.5, 0.6) is 5.75 Å². The van der Waals surface area contributed by atoms with Gasteiger partial charge in [-0.15, -0.1) is 0 Å². The Morgan fingerprint density at radius 3 is 2.63 bits per heavy atom. The Labute approximate surface area is 162 Å². The minimum Gasteiger partial charge on any atom is -0.497 e. The highest BCUT2D eigenvalue weighted by atomic mass is 16.5. The van der Waals surface area contributed by atoms with Crippen LogP contribution >= 0.6 is 0 Å². The average Bonchev–Trinajstić information content (AvgIpc) is 3.19. The molecule has 27 heavy (non-hydrogen) atoms. The molecule has 2 aliphatic heterocycles. The second-order valence-corrected chi connectivity index (χ2v) is 8.40. The summed E-state index contributed by atoms with van der Waals surface area (Å²) in [7, 11) is 1.65. The molecule has 148 valence electrons. The van der Waals surface area contributed by atoms with Gasteiger partial charge in [-0.2, -0.15) is 0 Å². The highest BCUT2D eigenvalue weighted by molar-refractivity contribution is 5.80. The molecule has 0 unspecified atom stereocenters. The normalized spacial score (nSPS) is 24.8. The van der Waals surface area contributed by atoms with Crippen LogP contribution in [0.2, 0.25) is 0 Å². The number of benzene rings is 1. The van der Waals surface area contributed by atoms with Gasteiger partial charge in [-0.3, -0.25) is 4.79 Å². The summed E-state index contributed by atoms with van der Waals surface area (Å²) in [6.45, 7) is 3.05. The quantitative estimate of drug-likeness (QED) is 0.768. The molecular formula is C22H31NO4. The van der Waals surface area contributed by atoms with Crippen molar-refractivity contribution in [2.75, 3.05) is 33.4 Å². The van der Waals surface area contributed by atoms with Crippen molar-refractivity contribution in [2.45, 2.75) is 56.7 Å². The van der Waals surface area contributed by atoms with Gasteiger partial charge in [0.1, 0.15) is 11.4 Å². The minimum absolute atomic E-state index is 0.170. The van der Waals surface area contributed by atoms with Gasteiger partial charge in [0, 0.05) is 19.6 Å². The Morgan fingerprint density at radius 2 is 1.93 bits per heavy atom. The summed E-state index contributed by atoms with van der Waals surface area (Å²) < 4.78 is 17.5. The first-order chi connectivity index (χ1) is 13.2. The van der Waals surface area contributed by atoms with Crippen LogP contribution in [-0.4, -0.2) is 55.9 Å². The van der Waals surface area contributed by atoms with Crippen molar-refractivity contribution < 1.29 is 19.0 Å². The van der Waals surface area contributed by atoms with Crippen molar-refractivity contribution in [1.82, 2.24) is 4.90 Å². The molecule has 1 aromatic carbocycles. The van der Waals surface area contributed by atoms with Crippen molar-refractivity contribution in [3.8, 4) is 5.75 Å². The predicted octanol–water partition coefficient (Wildman–Crippen LogP) is 3.20. The lowest BCUT2D eigenvalue weighted by Gasteiger charge is -2.53. The number of carbonyl (C=O) groups excluding carboxylic acids is 1. The number of hydrogen-bond acceptors (Lipinski definition) is 4. The molecule has 0 aromatic heterocycles. The van der Waals surface area contributed by atoms with E-state index in [2.05, 4.69) is 0 Å². The molecule has 3 aliphatic rings. The Balaban J connectivity index is 1.23. The lowest BCUT2D eigenvalue weighted by atomic mass is 9.84. The number of carbonyl (C=O) groups is 1. The zero-order valence-corrected chi connectivity index (χ0v) is 16.3. The maximum absolute atomic E-state index is 12.6. The van der Waals surface area contributed by atoms with Crippen molar-refractivity contribution in [2.24, 2.45) is 5.92 Å². The first-order valence-corrected chi connectivity index (χ1v) is 10.3. The third-order valence-corrected chi connectivity index (χ3v) is 6.32. The van der Waals surface area contributed by atoms with E-state index in [-0.39, 0.29) is 17.6 Å². The molecule has 5 nitrogen and oxygen atoms in total. The highest BCUT2D eigenvalue weighted by Gasteiger charge is 2.49.